The van der Waals surface area contributed by atoms with Crippen LogP contribution in [0.3, 0.4) is 0 Å². The minimum absolute atomic E-state index is 0.0912. The molecule has 0 aliphatic heterocycles. The summed E-state index contributed by atoms with van der Waals surface area (Å²) >= 11 is 0. The molecular weight excluding hydrogens is 344 g/mol. The maximum Gasteiger partial charge on any atom is 0.337 e. The van der Waals surface area contributed by atoms with Gasteiger partial charge in [0.05, 0.1) is 18.1 Å². The molecule has 0 saturated carbocycles. The third-order valence-corrected chi connectivity index (χ3v) is 4.73. The van der Waals surface area contributed by atoms with E-state index in [0.717, 1.165) is 18.4 Å². The van der Waals surface area contributed by atoms with Crippen molar-refractivity contribution >= 4 is 11.9 Å². The smallest absolute Gasteiger partial charge is 0.337 e. The van der Waals surface area contributed by atoms with Crippen LogP contribution in [-0.2, 0) is 19.7 Å². The summed E-state index contributed by atoms with van der Waals surface area (Å²) in [5.74, 6) is -0.761. The van der Waals surface area contributed by atoms with Gasteiger partial charge in [0.2, 0.25) is 0 Å². The summed E-state index contributed by atoms with van der Waals surface area (Å²) in [5, 5.41) is 9.48. The molecule has 1 aromatic rings. The van der Waals surface area contributed by atoms with Crippen LogP contribution in [0.25, 0.3) is 0 Å². The van der Waals surface area contributed by atoms with E-state index in [1.54, 1.807) is 18.2 Å². The van der Waals surface area contributed by atoms with Crippen molar-refractivity contribution < 1.29 is 24.2 Å². The number of methoxy groups -OCH3 is 1. The zero-order valence-corrected chi connectivity index (χ0v) is 17.7. The fourth-order valence-corrected chi connectivity index (χ4v) is 2.86. The van der Waals surface area contributed by atoms with Crippen molar-refractivity contribution in [1.29, 1.82) is 0 Å². The molecule has 0 aromatic heterocycles. The van der Waals surface area contributed by atoms with E-state index in [2.05, 4.69) is 0 Å². The van der Waals surface area contributed by atoms with Gasteiger partial charge in [-0.3, -0.25) is 4.79 Å². The van der Waals surface area contributed by atoms with Crippen LogP contribution >= 0.6 is 0 Å². The molecule has 0 aliphatic carbocycles. The first-order chi connectivity index (χ1) is 12.3. The van der Waals surface area contributed by atoms with Gasteiger partial charge in [-0.1, -0.05) is 32.4 Å². The van der Waals surface area contributed by atoms with E-state index in [4.69, 9.17) is 9.47 Å². The Labute approximate surface area is 163 Å². The summed E-state index contributed by atoms with van der Waals surface area (Å²) in [7, 11) is 1.33. The molecule has 1 unspecified atom stereocenters. The first kappa shape index (κ1) is 23.2. The Hall–Kier alpha value is -1.88. The monoisotopic (exact) mass is 378 g/mol. The maximum atomic E-state index is 13.1. The second-order valence-electron chi connectivity index (χ2n) is 9.08. The summed E-state index contributed by atoms with van der Waals surface area (Å²) in [6.45, 7) is 11.4. The van der Waals surface area contributed by atoms with E-state index in [1.165, 1.54) is 7.11 Å². The molecule has 0 saturated heterocycles. The predicted octanol–water partition coefficient (Wildman–Crippen LogP) is 4.26. The molecule has 0 fully saturated rings. The molecule has 152 valence electrons. The van der Waals surface area contributed by atoms with E-state index < -0.39 is 17.0 Å². The minimum Gasteiger partial charge on any atom is -0.465 e. The van der Waals surface area contributed by atoms with Gasteiger partial charge in [0.15, 0.2) is 0 Å². The van der Waals surface area contributed by atoms with Gasteiger partial charge in [-0.05, 0) is 63.6 Å². The Morgan fingerprint density at radius 2 is 1.67 bits per heavy atom. The molecule has 1 N–H and O–H groups in total. The molecule has 5 nitrogen and oxygen atoms in total. The highest BCUT2D eigenvalue weighted by Crippen LogP contribution is 2.35. The van der Waals surface area contributed by atoms with Crippen molar-refractivity contribution in [2.45, 2.75) is 71.8 Å². The molecule has 0 bridgehead atoms. The number of carbonyl (C=O) groups is 2. The molecule has 1 atom stereocenters. The summed E-state index contributed by atoms with van der Waals surface area (Å²) in [6, 6.07) is 6.96. The fourth-order valence-electron chi connectivity index (χ4n) is 2.86. The van der Waals surface area contributed by atoms with Gasteiger partial charge >= 0.3 is 11.9 Å². The number of hydrogen-bond acceptors (Lipinski definition) is 5. The molecule has 1 rings (SSSR count). The van der Waals surface area contributed by atoms with Crippen molar-refractivity contribution in [2.75, 3.05) is 13.7 Å². The van der Waals surface area contributed by atoms with Crippen LogP contribution in [0.1, 0.15) is 76.7 Å². The largest absolute Gasteiger partial charge is 0.465 e. The minimum atomic E-state index is -0.900. The number of benzene rings is 1. The summed E-state index contributed by atoms with van der Waals surface area (Å²) in [4.78, 5) is 25.0. The maximum absolute atomic E-state index is 13.1. The van der Waals surface area contributed by atoms with Crippen LogP contribution in [0, 0.1) is 5.41 Å². The van der Waals surface area contributed by atoms with Gasteiger partial charge in [0.25, 0.3) is 0 Å². The lowest BCUT2D eigenvalue weighted by Crippen LogP contribution is -2.39. The highest BCUT2D eigenvalue weighted by atomic mass is 16.6. The van der Waals surface area contributed by atoms with Gasteiger partial charge in [0, 0.05) is 6.61 Å². The molecule has 5 heteroatoms. The Morgan fingerprint density at radius 1 is 1.04 bits per heavy atom. The lowest BCUT2D eigenvalue weighted by atomic mass is 9.75. The Morgan fingerprint density at radius 3 is 2.19 bits per heavy atom. The quantitative estimate of drug-likeness (QED) is 0.684. The van der Waals surface area contributed by atoms with Crippen LogP contribution < -0.4 is 0 Å². The van der Waals surface area contributed by atoms with Crippen LogP contribution in [-0.4, -0.2) is 36.4 Å². The molecule has 0 amide bonds. The second-order valence-corrected chi connectivity index (χ2v) is 9.08. The van der Waals surface area contributed by atoms with Crippen LogP contribution in [0.2, 0.25) is 0 Å². The SMILES string of the molecule is COC(=O)c1cccc(C(C)(CCCC(C)(C)CO)C(=O)OC(C)(C)C)c1. The number of aliphatic hydroxyl groups is 1. The standard InChI is InChI=1S/C22H34O5/c1-20(2,3)27-19(25)22(6,13-9-12-21(4,5)15-23)17-11-8-10-16(14-17)18(24)26-7/h8,10-11,14,23H,9,12-13,15H2,1-7H3. The Balaban J connectivity index is 3.21. The van der Waals surface area contributed by atoms with Gasteiger partial charge in [0.1, 0.15) is 5.60 Å². The van der Waals surface area contributed by atoms with Crippen molar-refractivity contribution in [2.24, 2.45) is 5.41 Å². The zero-order chi connectivity index (χ0) is 20.9. The Kier molecular flexibility index (Phi) is 7.61. The van der Waals surface area contributed by atoms with Crippen LogP contribution in [0.4, 0.5) is 0 Å². The van der Waals surface area contributed by atoms with Gasteiger partial charge in [-0.2, -0.15) is 0 Å². The topological polar surface area (TPSA) is 72.8 Å². The molecule has 27 heavy (non-hydrogen) atoms. The number of esters is 2. The van der Waals surface area contributed by atoms with E-state index in [0.29, 0.717) is 12.0 Å². The number of aliphatic hydroxyl groups excluding tert-OH is 1. The highest BCUT2D eigenvalue weighted by Gasteiger charge is 2.39. The normalized spacial score (nSPS) is 14.4. The highest BCUT2D eigenvalue weighted by molar-refractivity contribution is 5.90. The Bertz CT molecular complexity index is 657. The van der Waals surface area contributed by atoms with E-state index in [1.807, 2.05) is 47.6 Å². The molecule has 0 aliphatic rings. The van der Waals surface area contributed by atoms with Crippen LogP contribution in [0.15, 0.2) is 24.3 Å². The van der Waals surface area contributed by atoms with Gasteiger partial charge < -0.3 is 14.6 Å². The lowest BCUT2D eigenvalue weighted by molar-refractivity contribution is -0.162. The molecule has 0 spiro atoms. The average Bonchev–Trinajstić information content (AvgIpc) is 2.59. The van der Waals surface area contributed by atoms with Crippen molar-refractivity contribution in [3.05, 3.63) is 35.4 Å². The van der Waals surface area contributed by atoms with E-state index in [-0.39, 0.29) is 18.0 Å². The lowest BCUT2D eigenvalue weighted by Gasteiger charge is -2.33. The zero-order valence-electron chi connectivity index (χ0n) is 17.7. The summed E-state index contributed by atoms with van der Waals surface area (Å²) in [5.41, 5.74) is -0.587. The third-order valence-electron chi connectivity index (χ3n) is 4.73. The molecule has 0 radical (unpaired) electrons. The third kappa shape index (κ3) is 6.65. The predicted molar refractivity (Wildman–Crippen MR) is 106 cm³/mol. The van der Waals surface area contributed by atoms with Gasteiger partial charge in [-0.25, -0.2) is 4.79 Å². The summed E-state index contributed by atoms with van der Waals surface area (Å²) in [6.07, 6.45) is 2.07. The van der Waals surface area contributed by atoms with Gasteiger partial charge in [-0.15, -0.1) is 0 Å². The molecule has 1 aromatic carbocycles. The van der Waals surface area contributed by atoms with E-state index in [9.17, 15) is 14.7 Å². The first-order valence-electron chi connectivity index (χ1n) is 9.38. The van der Waals surface area contributed by atoms with Crippen molar-refractivity contribution in [3.8, 4) is 0 Å². The fraction of sp³-hybridized carbons (Fsp3) is 0.636. The second kappa shape index (κ2) is 8.87. The number of ether oxygens (including phenoxy) is 2. The summed E-state index contributed by atoms with van der Waals surface area (Å²) < 4.78 is 10.5. The molecular formula is C22H34O5. The van der Waals surface area contributed by atoms with Crippen LogP contribution in [0.5, 0.6) is 0 Å². The number of rotatable bonds is 8. The number of hydrogen-bond donors (Lipinski definition) is 1. The van der Waals surface area contributed by atoms with Crippen molar-refractivity contribution in [1.82, 2.24) is 0 Å². The molecule has 0 heterocycles. The van der Waals surface area contributed by atoms with E-state index >= 15 is 0 Å². The van der Waals surface area contributed by atoms with Crippen molar-refractivity contribution in [3.63, 3.8) is 0 Å². The first-order valence-corrected chi connectivity index (χ1v) is 9.38. The number of carbonyl (C=O) groups excluding carboxylic acids is 2. The average molecular weight is 379 g/mol.